The Labute approximate surface area is 314 Å². The fourth-order valence-corrected chi connectivity index (χ4v) is 6.55. The summed E-state index contributed by atoms with van der Waals surface area (Å²) in [7, 11) is 0. The van der Waals surface area contributed by atoms with Gasteiger partial charge in [0.1, 0.15) is 0 Å². The minimum atomic E-state index is -0.626. The van der Waals surface area contributed by atoms with E-state index in [-0.39, 0.29) is 45.5 Å². The summed E-state index contributed by atoms with van der Waals surface area (Å²) in [5, 5.41) is 0.985. The summed E-state index contributed by atoms with van der Waals surface area (Å²) in [6.07, 6.45) is 0. The molecule has 0 aliphatic carbocycles. The molecule has 0 heterocycles. The zero-order valence-corrected chi connectivity index (χ0v) is 27.3. The maximum atomic E-state index is 9.84. The van der Waals surface area contributed by atoms with E-state index >= 15 is 0 Å². The van der Waals surface area contributed by atoms with E-state index in [2.05, 4.69) is 18.2 Å². The molecule has 0 aliphatic rings. The molecule has 9 aromatic rings. The van der Waals surface area contributed by atoms with Crippen LogP contribution in [0.3, 0.4) is 0 Å². The second-order valence-corrected chi connectivity index (χ2v) is 12.1. The molecule has 0 amide bonds. The Morgan fingerprint density at radius 2 is 0.941 bits per heavy atom. The molecule has 0 N–H and O–H groups in total. The predicted molar refractivity (Wildman–Crippen MR) is 218 cm³/mol. The van der Waals surface area contributed by atoms with Crippen LogP contribution in [0.15, 0.2) is 212 Å². The molecule has 0 aliphatic heterocycles. The number of hydrogen-bond donors (Lipinski definition) is 0. The van der Waals surface area contributed by atoms with Crippen molar-refractivity contribution in [3.8, 4) is 44.5 Å². The van der Waals surface area contributed by atoms with E-state index < -0.39 is 54.4 Å². The third-order valence-electron chi connectivity index (χ3n) is 9.02. The van der Waals surface area contributed by atoms with Gasteiger partial charge in [0.25, 0.3) is 0 Å². The Bertz CT molecular complexity index is 3170. The fraction of sp³-hybridized carbons (Fsp3) is 0. The topological polar surface area (TPSA) is 3.24 Å². The molecule has 9 rings (SSSR count). The van der Waals surface area contributed by atoms with Gasteiger partial charge in [-0.15, -0.1) is 0 Å². The Kier molecular flexibility index (Phi) is 5.41. The molecule has 1 nitrogen and oxygen atoms in total. The van der Waals surface area contributed by atoms with Crippen molar-refractivity contribution in [2.24, 2.45) is 0 Å². The van der Waals surface area contributed by atoms with Crippen LogP contribution < -0.4 is 4.90 Å². The van der Waals surface area contributed by atoms with Crippen molar-refractivity contribution >= 4 is 38.6 Å². The van der Waals surface area contributed by atoms with E-state index in [0.717, 1.165) is 38.8 Å². The quantitative estimate of drug-likeness (QED) is 0.164. The van der Waals surface area contributed by atoms with Crippen molar-refractivity contribution in [3.05, 3.63) is 212 Å². The Morgan fingerprint density at radius 1 is 0.353 bits per heavy atom. The van der Waals surface area contributed by atoms with Gasteiger partial charge in [-0.2, -0.15) is 0 Å². The first kappa shape index (κ1) is 20.7. The fourth-order valence-electron chi connectivity index (χ4n) is 6.55. The zero-order valence-electron chi connectivity index (χ0n) is 38.3. The van der Waals surface area contributed by atoms with Crippen molar-refractivity contribution in [1.82, 2.24) is 0 Å². The highest BCUT2D eigenvalue weighted by Crippen LogP contribution is 2.42. The third kappa shape index (κ3) is 5.96. The number of nitrogens with zero attached hydrogens (tertiary/aromatic N) is 1. The lowest BCUT2D eigenvalue weighted by molar-refractivity contribution is 1.30. The van der Waals surface area contributed by atoms with Crippen LogP contribution in [0.25, 0.3) is 66.1 Å². The average Bonchev–Trinajstić information content (AvgIpc) is 3.31. The van der Waals surface area contributed by atoms with Crippen molar-refractivity contribution in [3.63, 3.8) is 0 Å². The van der Waals surface area contributed by atoms with Crippen LogP contribution in [-0.2, 0) is 0 Å². The largest absolute Gasteiger partial charge is 0.310 e. The van der Waals surface area contributed by atoms with Gasteiger partial charge in [-0.1, -0.05) is 164 Å². The van der Waals surface area contributed by atoms with Gasteiger partial charge in [0, 0.05) is 16.8 Å². The molecule has 51 heavy (non-hydrogen) atoms. The van der Waals surface area contributed by atoms with Crippen LogP contribution in [0.1, 0.15) is 15.1 Å². The smallest absolute Gasteiger partial charge is 0.0651 e. The average molecular weight is 661 g/mol. The van der Waals surface area contributed by atoms with Gasteiger partial charge in [-0.3, -0.25) is 0 Å². The first-order chi connectivity index (χ1) is 29.9. The van der Waals surface area contributed by atoms with Gasteiger partial charge in [0.15, 0.2) is 0 Å². The molecule has 0 atom stereocenters. The van der Waals surface area contributed by atoms with Crippen molar-refractivity contribution in [2.45, 2.75) is 0 Å². The van der Waals surface area contributed by atoms with Crippen LogP contribution in [0, 0.1) is 0 Å². The molecule has 0 saturated carbocycles. The summed E-state index contributed by atoms with van der Waals surface area (Å²) in [6, 6.07) is 40.4. The number of fused-ring (bicyclic) bond motifs is 2. The zero-order chi connectivity index (χ0) is 43.6. The lowest BCUT2D eigenvalue weighted by atomic mass is 9.93. The first-order valence-corrected chi connectivity index (χ1v) is 16.6. The summed E-state index contributed by atoms with van der Waals surface area (Å²) in [5.74, 6) is 0. The highest BCUT2D eigenvalue weighted by molar-refractivity contribution is 6.01. The molecule has 240 valence electrons. The van der Waals surface area contributed by atoms with E-state index in [9.17, 15) is 4.11 Å². The Balaban J connectivity index is 1.34. The summed E-state index contributed by atoms with van der Waals surface area (Å²) in [4.78, 5) is 1.32. The van der Waals surface area contributed by atoms with Crippen LogP contribution in [-0.4, -0.2) is 0 Å². The molecule has 0 spiro atoms. The molecule has 0 aromatic heterocycles. The predicted octanol–water partition coefficient (Wildman–Crippen LogP) is 14.1. The van der Waals surface area contributed by atoms with Gasteiger partial charge in [-0.25, -0.2) is 0 Å². The minimum absolute atomic E-state index is 0.0477. The standard InChI is InChI=1S/C50H35N/c1-3-14-36(15-4-1)42-32-43(37-16-5-2-6-17-37)34-44(33-42)38-28-30-45(31-29-38)51(50-27-13-21-40-19-8-10-25-49(40)50)46-23-11-22-41(35-46)48-26-12-20-39-18-7-9-24-47(39)48/h1-35H/i8D,10D,11D,13D,19D,21D,22D,23D,25D,27D,35D. The molecule has 0 saturated heterocycles. The lowest BCUT2D eigenvalue weighted by Crippen LogP contribution is -2.10. The van der Waals surface area contributed by atoms with Gasteiger partial charge in [0.2, 0.25) is 0 Å². The monoisotopic (exact) mass is 660 g/mol. The first-order valence-electron chi connectivity index (χ1n) is 22.1. The van der Waals surface area contributed by atoms with E-state index in [0.29, 0.717) is 10.9 Å². The third-order valence-corrected chi connectivity index (χ3v) is 9.02. The summed E-state index contributed by atoms with van der Waals surface area (Å²) in [6.45, 7) is 0. The number of anilines is 3. The second-order valence-electron chi connectivity index (χ2n) is 12.1. The number of benzene rings is 9. The van der Waals surface area contributed by atoms with E-state index in [4.69, 9.17) is 11.0 Å². The van der Waals surface area contributed by atoms with Crippen LogP contribution in [0.5, 0.6) is 0 Å². The van der Waals surface area contributed by atoms with Crippen LogP contribution in [0.2, 0.25) is 0 Å². The molecular weight excluding hydrogens is 615 g/mol. The van der Waals surface area contributed by atoms with Gasteiger partial charge < -0.3 is 4.90 Å². The van der Waals surface area contributed by atoms with Crippen LogP contribution >= 0.6 is 0 Å². The maximum Gasteiger partial charge on any atom is 0.0651 e. The highest BCUT2D eigenvalue weighted by Gasteiger charge is 2.17. The van der Waals surface area contributed by atoms with Crippen molar-refractivity contribution in [1.29, 1.82) is 0 Å². The molecule has 0 unspecified atom stereocenters. The Hall–Kier alpha value is -6.70. The van der Waals surface area contributed by atoms with Gasteiger partial charge in [0.05, 0.1) is 20.8 Å². The maximum absolute atomic E-state index is 9.84. The SMILES string of the molecule is [2H]c1c([2H])c(-c2cccc3ccccc23)c([2H])c(N(c2ccc(-c3cc(-c4ccccc4)cc(-c4ccccc4)c3)cc2)c2c([2H])c([2H])c([2H])c3c([2H])c([2H])c([2H])c([2H])c23)c1[2H]. The minimum Gasteiger partial charge on any atom is -0.310 e. The molecule has 9 aromatic carbocycles. The summed E-state index contributed by atoms with van der Waals surface area (Å²) >= 11 is 0. The summed E-state index contributed by atoms with van der Waals surface area (Å²) < 4.78 is 99.7. The normalized spacial score (nSPS) is 14.2. The highest BCUT2D eigenvalue weighted by atomic mass is 15.1. The van der Waals surface area contributed by atoms with Crippen LogP contribution in [0.4, 0.5) is 17.1 Å². The molecule has 0 bridgehead atoms. The molecular formula is C50H35N. The number of hydrogen-bond acceptors (Lipinski definition) is 1. The second kappa shape index (κ2) is 13.3. The van der Waals surface area contributed by atoms with E-state index in [1.807, 2.05) is 103 Å². The van der Waals surface area contributed by atoms with E-state index in [1.165, 1.54) is 4.90 Å². The lowest BCUT2D eigenvalue weighted by Gasteiger charge is -2.27. The molecule has 0 radical (unpaired) electrons. The molecule has 1 heteroatoms. The van der Waals surface area contributed by atoms with E-state index in [1.54, 1.807) is 24.3 Å². The van der Waals surface area contributed by atoms with Gasteiger partial charge >= 0.3 is 0 Å². The van der Waals surface area contributed by atoms with Gasteiger partial charge in [-0.05, 0) is 109 Å². The van der Waals surface area contributed by atoms with Crippen molar-refractivity contribution in [2.75, 3.05) is 4.90 Å². The molecule has 0 fully saturated rings. The summed E-state index contributed by atoms with van der Waals surface area (Å²) in [5.41, 5.74) is 5.96. The Morgan fingerprint density at radius 3 is 1.67 bits per heavy atom. The van der Waals surface area contributed by atoms with Crippen molar-refractivity contribution < 1.29 is 15.1 Å². The number of rotatable bonds is 7.